The second-order valence-corrected chi connectivity index (χ2v) is 10.3. The number of carbonyl (C=O) groups excluding carboxylic acids is 1. The number of amides is 1. The molecular weight excluding hydrogens is 497 g/mol. The van der Waals surface area contributed by atoms with Crippen LogP contribution in [0.25, 0.3) is 0 Å². The predicted octanol–water partition coefficient (Wildman–Crippen LogP) is 0.970. The summed E-state index contributed by atoms with van der Waals surface area (Å²) in [5.41, 5.74) is 0.441. The Bertz CT molecular complexity index is 1000. The van der Waals surface area contributed by atoms with Gasteiger partial charge in [0.05, 0.1) is 13.2 Å². The number of phosphoric acid groups is 1. The minimum absolute atomic E-state index is 0.201. The number of phosphoric ester groups is 1. The molecule has 8 atom stereocenters. The number of aliphatic hydroxyl groups excluding tert-OH is 3. The maximum atomic E-state index is 12.2. The first-order chi connectivity index (χ1) is 17.1. The minimum Gasteiger partial charge on any atom is -0.462 e. The Labute approximate surface area is 207 Å². The second-order valence-electron chi connectivity index (χ2n) is 9.09. The number of carbonyl (C=O) groups is 1. The Morgan fingerprint density at radius 1 is 1.00 bits per heavy atom. The summed E-state index contributed by atoms with van der Waals surface area (Å²) in [7, 11) is -4.84. The Kier molecular flexibility index (Phi) is 8.55. The number of anilines is 1. The van der Waals surface area contributed by atoms with E-state index in [-0.39, 0.29) is 5.75 Å². The molecule has 3 aliphatic rings. The highest BCUT2D eigenvalue weighted by Gasteiger charge is 2.49. The molecule has 0 bridgehead atoms. The van der Waals surface area contributed by atoms with Gasteiger partial charge < -0.3 is 39.3 Å². The highest BCUT2D eigenvalue weighted by molar-refractivity contribution is 7.46. The lowest BCUT2D eigenvalue weighted by Crippen LogP contribution is -2.60. The lowest BCUT2D eigenvalue weighted by molar-refractivity contribution is -0.276. The van der Waals surface area contributed by atoms with E-state index < -0.39 is 51.2 Å². The van der Waals surface area contributed by atoms with Crippen LogP contribution in [0.4, 0.5) is 10.5 Å². The zero-order valence-electron chi connectivity index (χ0n) is 19.3. The van der Waals surface area contributed by atoms with Crippen molar-refractivity contribution in [3.8, 4) is 17.6 Å². The Morgan fingerprint density at radius 2 is 1.64 bits per heavy atom. The normalized spacial score (nSPS) is 33.7. The number of nitrogens with one attached hydrogen (secondary N) is 1. The maximum absolute atomic E-state index is 12.2. The van der Waals surface area contributed by atoms with Gasteiger partial charge in [-0.3, -0.25) is 9.84 Å². The summed E-state index contributed by atoms with van der Waals surface area (Å²) in [5.74, 6) is 8.03. The lowest BCUT2D eigenvalue weighted by Gasteiger charge is -2.40. The van der Waals surface area contributed by atoms with Gasteiger partial charge >= 0.3 is 13.9 Å². The van der Waals surface area contributed by atoms with Crippen molar-refractivity contribution < 1.29 is 53.2 Å². The minimum atomic E-state index is -4.84. The average molecular weight is 527 g/mol. The summed E-state index contributed by atoms with van der Waals surface area (Å²) in [5, 5.41) is 32.9. The van der Waals surface area contributed by atoms with Crippen LogP contribution in [0.2, 0.25) is 0 Å². The van der Waals surface area contributed by atoms with Gasteiger partial charge in [-0.15, -0.1) is 11.8 Å². The number of hydrogen-bond donors (Lipinski definition) is 6. The SMILES string of the molecule is O=C(Nc1ccc(O[C@H]2O[C@H](COP(=O)(O)O)[C@@H](O)[C@H](O)[C@@H]2O)cc1)OCC1[C@H]2CCC#CCC[C@@H]12. The molecule has 1 aromatic carbocycles. The van der Waals surface area contributed by atoms with Crippen LogP contribution in [0.1, 0.15) is 25.7 Å². The van der Waals surface area contributed by atoms with Crippen molar-refractivity contribution >= 4 is 19.6 Å². The number of ether oxygens (including phenoxy) is 3. The standard InChI is InChI=1S/C23H30NO11P/c25-19-18(12-33-36(29,30)31)35-22(21(27)20(19)26)34-14-9-7-13(8-10-14)24-23(28)32-11-17-15-5-3-1-2-4-6-16(15)17/h7-10,15-22,25-27H,3-6,11-12H2,(H,24,28)(H2,29,30,31)/t15-,16+,17?,18-,19-,20+,21+,22+/m1/s1. The molecule has 6 N–H and O–H groups in total. The molecule has 1 saturated carbocycles. The van der Waals surface area contributed by atoms with Gasteiger partial charge in [0.1, 0.15) is 30.2 Å². The van der Waals surface area contributed by atoms with Crippen LogP contribution in [-0.4, -0.2) is 75.1 Å². The van der Waals surface area contributed by atoms with E-state index in [0.717, 1.165) is 25.7 Å². The number of benzene rings is 1. The van der Waals surface area contributed by atoms with E-state index in [1.807, 2.05) is 0 Å². The summed E-state index contributed by atoms with van der Waals surface area (Å²) in [6.45, 7) is -0.378. The Hall–Kier alpha value is -2.20. The molecule has 1 aliphatic heterocycles. The molecule has 198 valence electrons. The zero-order chi connectivity index (χ0) is 25.9. The van der Waals surface area contributed by atoms with Gasteiger partial charge in [-0.25, -0.2) is 9.36 Å². The summed E-state index contributed by atoms with van der Waals surface area (Å²) in [4.78, 5) is 29.9. The van der Waals surface area contributed by atoms with Gasteiger partial charge in [0.2, 0.25) is 6.29 Å². The third-order valence-corrected chi connectivity index (χ3v) is 7.16. The van der Waals surface area contributed by atoms with Gasteiger partial charge in [0.15, 0.2) is 0 Å². The lowest BCUT2D eigenvalue weighted by atomic mass is 9.99. The highest BCUT2D eigenvalue weighted by Crippen LogP contribution is 2.52. The van der Waals surface area contributed by atoms with Gasteiger partial charge in [-0.05, 0) is 54.9 Å². The highest BCUT2D eigenvalue weighted by atomic mass is 31.2. The van der Waals surface area contributed by atoms with Crippen LogP contribution in [0.15, 0.2) is 24.3 Å². The molecule has 12 nitrogen and oxygen atoms in total. The summed E-state index contributed by atoms with van der Waals surface area (Å²) in [6.07, 6.45) is -4.55. The molecule has 2 aliphatic carbocycles. The van der Waals surface area contributed by atoms with Crippen molar-refractivity contribution in [3.05, 3.63) is 24.3 Å². The molecule has 4 rings (SSSR count). The molecule has 0 radical (unpaired) electrons. The van der Waals surface area contributed by atoms with E-state index in [4.69, 9.17) is 24.0 Å². The van der Waals surface area contributed by atoms with Crippen molar-refractivity contribution in [1.29, 1.82) is 0 Å². The van der Waals surface area contributed by atoms with Gasteiger partial charge in [0.25, 0.3) is 0 Å². The molecule has 1 amide bonds. The fourth-order valence-electron chi connectivity index (χ4n) is 4.68. The topological polar surface area (TPSA) is 184 Å². The van der Waals surface area contributed by atoms with E-state index >= 15 is 0 Å². The largest absolute Gasteiger partial charge is 0.469 e. The van der Waals surface area contributed by atoms with Crippen molar-refractivity contribution in [3.63, 3.8) is 0 Å². The quantitative estimate of drug-likeness (QED) is 0.209. The van der Waals surface area contributed by atoms with Crippen LogP contribution >= 0.6 is 7.82 Å². The van der Waals surface area contributed by atoms with E-state index in [9.17, 15) is 24.7 Å². The van der Waals surface area contributed by atoms with Gasteiger partial charge in [-0.2, -0.15) is 0 Å². The van der Waals surface area contributed by atoms with Crippen LogP contribution in [0.3, 0.4) is 0 Å². The van der Waals surface area contributed by atoms with Gasteiger partial charge in [0, 0.05) is 18.5 Å². The van der Waals surface area contributed by atoms with Crippen molar-refractivity contribution in [2.45, 2.75) is 56.4 Å². The van der Waals surface area contributed by atoms with Gasteiger partial charge in [-0.1, -0.05) is 0 Å². The summed E-state index contributed by atoms with van der Waals surface area (Å²) in [6, 6.07) is 6.03. The van der Waals surface area contributed by atoms with E-state index in [0.29, 0.717) is 30.0 Å². The molecule has 13 heteroatoms. The Balaban J connectivity index is 1.25. The number of aliphatic hydroxyl groups is 3. The van der Waals surface area contributed by atoms with E-state index in [2.05, 4.69) is 21.7 Å². The Morgan fingerprint density at radius 3 is 2.25 bits per heavy atom. The van der Waals surface area contributed by atoms with Crippen LogP contribution in [0, 0.1) is 29.6 Å². The van der Waals surface area contributed by atoms with Crippen LogP contribution < -0.4 is 10.1 Å². The number of hydrogen-bond acceptors (Lipinski definition) is 9. The fourth-order valence-corrected chi connectivity index (χ4v) is 5.02. The van der Waals surface area contributed by atoms with Crippen molar-refractivity contribution in [1.82, 2.24) is 0 Å². The predicted molar refractivity (Wildman–Crippen MR) is 123 cm³/mol. The molecule has 1 heterocycles. The fraction of sp³-hybridized carbons (Fsp3) is 0.609. The van der Waals surface area contributed by atoms with Crippen LogP contribution in [0.5, 0.6) is 5.75 Å². The first-order valence-corrected chi connectivity index (χ1v) is 13.2. The molecule has 36 heavy (non-hydrogen) atoms. The smallest absolute Gasteiger partial charge is 0.462 e. The molecule has 1 saturated heterocycles. The van der Waals surface area contributed by atoms with E-state index in [1.54, 1.807) is 0 Å². The molecule has 1 aromatic rings. The first-order valence-electron chi connectivity index (χ1n) is 11.7. The molecule has 1 unspecified atom stereocenters. The summed E-state index contributed by atoms with van der Waals surface area (Å²) >= 11 is 0. The maximum Gasteiger partial charge on any atom is 0.469 e. The molecular formula is C23H30NO11P. The average Bonchev–Trinajstić information content (AvgIpc) is 3.46. The monoisotopic (exact) mass is 527 g/mol. The third-order valence-electron chi connectivity index (χ3n) is 6.67. The second kappa shape index (κ2) is 11.5. The molecule has 2 fully saturated rings. The number of fused-ring (bicyclic) bond motifs is 1. The summed E-state index contributed by atoms with van der Waals surface area (Å²) < 4.78 is 31.5. The van der Waals surface area contributed by atoms with Crippen LogP contribution in [-0.2, 0) is 18.6 Å². The van der Waals surface area contributed by atoms with Crippen molar-refractivity contribution in [2.75, 3.05) is 18.5 Å². The number of rotatable bonds is 8. The zero-order valence-corrected chi connectivity index (χ0v) is 20.2. The first kappa shape index (κ1) is 26.9. The third kappa shape index (κ3) is 6.97. The molecule has 0 aromatic heterocycles. The van der Waals surface area contributed by atoms with Crippen molar-refractivity contribution in [2.24, 2.45) is 17.8 Å². The molecule has 0 spiro atoms. The van der Waals surface area contributed by atoms with E-state index in [1.165, 1.54) is 24.3 Å².